The van der Waals surface area contributed by atoms with E-state index in [9.17, 15) is 18.0 Å². The standard InChI is InChI=1S/C13H17F3N4O/c1-8-5-6-17-12(18-8)19-10-3-4-11(13(14,15)16)20(7-10)9(2)21/h5-6,10-11H,3-4,7H2,1-2H3,(H,17,18,19). The van der Waals surface area contributed by atoms with Gasteiger partial charge < -0.3 is 10.2 Å². The van der Waals surface area contributed by atoms with Gasteiger partial charge >= 0.3 is 6.18 Å². The first-order valence-corrected chi connectivity index (χ1v) is 6.67. The molecule has 0 bridgehead atoms. The SMILES string of the molecule is CC(=O)N1CC(Nc2nccc(C)n2)CCC1C(F)(F)F. The number of hydrogen-bond acceptors (Lipinski definition) is 4. The molecule has 1 aromatic heterocycles. The number of anilines is 1. The molecule has 0 spiro atoms. The van der Waals surface area contributed by atoms with Gasteiger partial charge in [0, 0.05) is 31.4 Å². The smallest absolute Gasteiger partial charge is 0.350 e. The monoisotopic (exact) mass is 302 g/mol. The van der Waals surface area contributed by atoms with Gasteiger partial charge in [-0.15, -0.1) is 0 Å². The number of likely N-dealkylation sites (tertiary alicyclic amines) is 1. The van der Waals surface area contributed by atoms with Crippen LogP contribution in [0.4, 0.5) is 19.1 Å². The molecular weight excluding hydrogens is 285 g/mol. The highest BCUT2D eigenvalue weighted by molar-refractivity contribution is 5.74. The summed E-state index contributed by atoms with van der Waals surface area (Å²) in [6.45, 7) is 2.95. The number of nitrogens with one attached hydrogen (secondary N) is 1. The Morgan fingerprint density at radius 1 is 1.43 bits per heavy atom. The number of aryl methyl sites for hydroxylation is 1. The van der Waals surface area contributed by atoms with Crippen LogP contribution in [0.1, 0.15) is 25.5 Å². The van der Waals surface area contributed by atoms with Crippen LogP contribution in [0.3, 0.4) is 0 Å². The number of carbonyl (C=O) groups excluding carboxylic acids is 1. The van der Waals surface area contributed by atoms with Crippen molar-refractivity contribution in [2.24, 2.45) is 0 Å². The second kappa shape index (κ2) is 5.87. The van der Waals surface area contributed by atoms with Crippen molar-refractivity contribution in [1.29, 1.82) is 0 Å². The molecule has 1 aliphatic heterocycles. The molecule has 1 N–H and O–H groups in total. The van der Waals surface area contributed by atoms with E-state index in [1.807, 2.05) is 0 Å². The van der Waals surface area contributed by atoms with Crippen LogP contribution in [0.25, 0.3) is 0 Å². The first-order chi connectivity index (χ1) is 9.77. The maximum absolute atomic E-state index is 12.9. The molecule has 1 fully saturated rings. The molecule has 0 radical (unpaired) electrons. The summed E-state index contributed by atoms with van der Waals surface area (Å²) in [5.74, 6) is -0.206. The maximum Gasteiger partial charge on any atom is 0.408 e. The van der Waals surface area contributed by atoms with Gasteiger partial charge in [0.1, 0.15) is 6.04 Å². The van der Waals surface area contributed by atoms with Crippen molar-refractivity contribution in [3.8, 4) is 0 Å². The van der Waals surface area contributed by atoms with Crippen molar-refractivity contribution < 1.29 is 18.0 Å². The second-order valence-corrected chi connectivity index (χ2v) is 5.17. The van der Waals surface area contributed by atoms with Gasteiger partial charge in [-0.05, 0) is 25.8 Å². The number of aromatic nitrogens is 2. The zero-order valence-electron chi connectivity index (χ0n) is 11.8. The quantitative estimate of drug-likeness (QED) is 0.909. The minimum absolute atomic E-state index is 0.00316. The molecule has 1 aliphatic rings. The Hall–Kier alpha value is -1.86. The highest BCUT2D eigenvalue weighted by Gasteiger charge is 2.47. The lowest BCUT2D eigenvalue weighted by Gasteiger charge is -2.40. The van der Waals surface area contributed by atoms with Gasteiger partial charge in [-0.3, -0.25) is 4.79 Å². The van der Waals surface area contributed by atoms with Gasteiger partial charge in [-0.1, -0.05) is 0 Å². The third-order valence-corrected chi connectivity index (χ3v) is 3.49. The Morgan fingerprint density at radius 3 is 2.71 bits per heavy atom. The van der Waals surface area contributed by atoms with Crippen LogP contribution in [-0.4, -0.2) is 45.6 Å². The number of nitrogens with zero attached hydrogens (tertiary/aromatic N) is 3. The molecule has 8 heteroatoms. The molecule has 116 valence electrons. The fourth-order valence-corrected chi connectivity index (χ4v) is 2.48. The Kier molecular flexibility index (Phi) is 4.34. The number of amides is 1. The molecule has 2 heterocycles. The van der Waals surface area contributed by atoms with Gasteiger partial charge in [-0.2, -0.15) is 13.2 Å². The summed E-state index contributed by atoms with van der Waals surface area (Å²) in [6, 6.07) is -0.256. The van der Waals surface area contributed by atoms with Gasteiger partial charge in [0.2, 0.25) is 11.9 Å². The first kappa shape index (κ1) is 15.5. The lowest BCUT2D eigenvalue weighted by molar-refractivity contribution is -0.195. The molecule has 21 heavy (non-hydrogen) atoms. The number of piperidine rings is 1. The van der Waals surface area contributed by atoms with E-state index in [0.29, 0.717) is 12.4 Å². The van der Waals surface area contributed by atoms with Crippen LogP contribution >= 0.6 is 0 Å². The lowest BCUT2D eigenvalue weighted by Crippen LogP contribution is -2.55. The second-order valence-electron chi connectivity index (χ2n) is 5.17. The Morgan fingerprint density at radius 2 is 2.14 bits per heavy atom. The van der Waals surface area contributed by atoms with Crippen LogP contribution in [0.2, 0.25) is 0 Å². The van der Waals surface area contributed by atoms with E-state index < -0.39 is 18.1 Å². The summed E-state index contributed by atoms with van der Waals surface area (Å²) < 4.78 is 38.8. The fourth-order valence-electron chi connectivity index (χ4n) is 2.48. The largest absolute Gasteiger partial charge is 0.408 e. The van der Waals surface area contributed by atoms with E-state index in [1.54, 1.807) is 19.2 Å². The van der Waals surface area contributed by atoms with Crippen molar-refractivity contribution in [1.82, 2.24) is 14.9 Å². The lowest BCUT2D eigenvalue weighted by atomic mass is 9.97. The molecular formula is C13H17F3N4O. The maximum atomic E-state index is 12.9. The predicted octanol–water partition coefficient (Wildman–Crippen LogP) is 2.14. The van der Waals surface area contributed by atoms with Crippen LogP contribution in [-0.2, 0) is 4.79 Å². The fraction of sp³-hybridized carbons (Fsp3) is 0.615. The first-order valence-electron chi connectivity index (χ1n) is 6.67. The molecule has 0 aromatic carbocycles. The third-order valence-electron chi connectivity index (χ3n) is 3.49. The Balaban J connectivity index is 2.07. The Labute approximate surface area is 120 Å². The molecule has 1 amide bonds. The summed E-state index contributed by atoms with van der Waals surface area (Å²) in [5, 5.41) is 3.00. The molecule has 5 nitrogen and oxygen atoms in total. The third kappa shape index (κ3) is 3.83. The van der Waals surface area contributed by atoms with Crippen molar-refractivity contribution in [3.63, 3.8) is 0 Å². The number of halogens is 3. The minimum atomic E-state index is -4.39. The molecule has 1 saturated heterocycles. The zero-order chi connectivity index (χ0) is 15.6. The van der Waals surface area contributed by atoms with E-state index in [2.05, 4.69) is 15.3 Å². The number of alkyl halides is 3. The molecule has 0 aliphatic carbocycles. The van der Waals surface area contributed by atoms with E-state index in [0.717, 1.165) is 17.5 Å². The van der Waals surface area contributed by atoms with Crippen molar-refractivity contribution in [2.45, 2.75) is 44.9 Å². The average Bonchev–Trinajstić information content (AvgIpc) is 2.37. The van der Waals surface area contributed by atoms with E-state index >= 15 is 0 Å². The summed E-state index contributed by atoms with van der Waals surface area (Å²) in [6.07, 6.45) is -2.62. The molecule has 2 unspecified atom stereocenters. The van der Waals surface area contributed by atoms with Gasteiger partial charge in [-0.25, -0.2) is 9.97 Å². The topological polar surface area (TPSA) is 58.1 Å². The van der Waals surface area contributed by atoms with Crippen LogP contribution < -0.4 is 5.32 Å². The molecule has 1 aromatic rings. The summed E-state index contributed by atoms with van der Waals surface area (Å²) in [5.41, 5.74) is 0.764. The van der Waals surface area contributed by atoms with Crippen LogP contribution in [0, 0.1) is 6.92 Å². The van der Waals surface area contributed by atoms with E-state index in [1.165, 1.54) is 0 Å². The van der Waals surface area contributed by atoms with Crippen LogP contribution in [0.5, 0.6) is 0 Å². The van der Waals surface area contributed by atoms with Crippen molar-refractivity contribution in [2.75, 3.05) is 11.9 Å². The number of carbonyl (C=O) groups is 1. The normalized spacial score (nSPS) is 23.0. The molecule has 0 saturated carbocycles. The Bertz CT molecular complexity index is 520. The number of rotatable bonds is 2. The summed E-state index contributed by atoms with van der Waals surface area (Å²) in [7, 11) is 0. The molecule has 2 atom stereocenters. The van der Waals surface area contributed by atoms with Gasteiger partial charge in [0.15, 0.2) is 0 Å². The van der Waals surface area contributed by atoms with Crippen molar-refractivity contribution in [3.05, 3.63) is 18.0 Å². The van der Waals surface area contributed by atoms with Crippen molar-refractivity contribution >= 4 is 11.9 Å². The summed E-state index contributed by atoms with van der Waals surface area (Å²) >= 11 is 0. The summed E-state index contributed by atoms with van der Waals surface area (Å²) in [4.78, 5) is 20.5. The number of hydrogen-bond donors (Lipinski definition) is 1. The van der Waals surface area contributed by atoms with E-state index in [-0.39, 0.29) is 19.0 Å². The zero-order valence-corrected chi connectivity index (χ0v) is 11.8. The average molecular weight is 302 g/mol. The van der Waals surface area contributed by atoms with Crippen LogP contribution in [0.15, 0.2) is 12.3 Å². The highest BCUT2D eigenvalue weighted by Crippen LogP contribution is 2.32. The predicted molar refractivity (Wildman–Crippen MR) is 70.6 cm³/mol. The van der Waals surface area contributed by atoms with Gasteiger partial charge in [0.25, 0.3) is 0 Å². The van der Waals surface area contributed by atoms with Gasteiger partial charge in [0.05, 0.1) is 0 Å². The molecule has 2 rings (SSSR count). The van der Waals surface area contributed by atoms with E-state index in [4.69, 9.17) is 0 Å². The highest BCUT2D eigenvalue weighted by atomic mass is 19.4. The minimum Gasteiger partial charge on any atom is -0.350 e.